The first-order valence-corrected chi connectivity index (χ1v) is 7.44. The van der Waals surface area contributed by atoms with E-state index in [0.717, 1.165) is 21.4 Å². The van der Waals surface area contributed by atoms with Crippen LogP contribution in [0.1, 0.15) is 35.7 Å². The minimum atomic E-state index is -0.0871. The van der Waals surface area contributed by atoms with E-state index in [1.165, 1.54) is 11.3 Å². The van der Waals surface area contributed by atoms with Gasteiger partial charge in [-0.2, -0.15) is 0 Å². The normalized spacial score (nSPS) is 20.3. The lowest BCUT2D eigenvalue weighted by Gasteiger charge is -2.05. The lowest BCUT2D eigenvalue weighted by atomic mass is 10.0. The fraction of sp³-hybridized carbons (Fsp3) is 0.250. The average molecular weight is 285 g/mol. The molecule has 3 rings (SSSR count). The number of fused-ring (bicyclic) bond motifs is 1. The largest absolute Gasteiger partial charge is 0.299 e. The Morgan fingerprint density at radius 2 is 2.00 bits per heavy atom. The zero-order valence-electron chi connectivity index (χ0n) is 11.5. The second kappa shape index (κ2) is 4.56. The predicted octanol–water partition coefficient (Wildman–Crippen LogP) is 1.49. The van der Waals surface area contributed by atoms with Gasteiger partial charge in [-0.3, -0.25) is 14.2 Å². The number of carbonyl (C=O) groups is 1. The van der Waals surface area contributed by atoms with E-state index in [0.29, 0.717) is 11.1 Å². The van der Waals surface area contributed by atoms with Crippen LogP contribution in [0.15, 0.2) is 29.1 Å². The fourth-order valence-corrected chi connectivity index (χ4v) is 3.94. The standard InChI is InChI=1S/C16H15NO2S/c1-4-17-15(19)10(3)20-16(17)13-9(2)11-7-5-6-8-12(11)14(13)18/h5-9H,3-4H2,1-2H3/b16-13-. The number of ketones is 1. The summed E-state index contributed by atoms with van der Waals surface area (Å²) in [5, 5.41) is 0. The minimum absolute atomic E-state index is 0.0222. The summed E-state index contributed by atoms with van der Waals surface area (Å²) in [6.07, 6.45) is 0. The zero-order chi connectivity index (χ0) is 14.4. The quantitative estimate of drug-likeness (QED) is 0.796. The number of hydrogen-bond donors (Lipinski definition) is 0. The molecule has 0 fully saturated rings. The van der Waals surface area contributed by atoms with Gasteiger partial charge < -0.3 is 0 Å². The Hall–Kier alpha value is -1.94. The van der Waals surface area contributed by atoms with Crippen LogP contribution in [-0.4, -0.2) is 10.4 Å². The molecular weight excluding hydrogens is 270 g/mol. The first-order chi connectivity index (χ1) is 9.56. The maximum Gasteiger partial charge on any atom is 0.268 e. The molecule has 0 saturated carbocycles. The molecule has 0 radical (unpaired) electrons. The molecule has 1 aliphatic carbocycles. The molecule has 0 N–H and O–H groups in total. The number of rotatable bonds is 1. The molecular formula is C16H15NO2S. The lowest BCUT2D eigenvalue weighted by Crippen LogP contribution is -2.31. The van der Waals surface area contributed by atoms with Gasteiger partial charge >= 0.3 is 0 Å². The van der Waals surface area contributed by atoms with Gasteiger partial charge in [-0.05, 0) is 12.5 Å². The minimum Gasteiger partial charge on any atom is -0.299 e. The number of aromatic nitrogens is 1. The van der Waals surface area contributed by atoms with Crippen LogP contribution in [0.3, 0.4) is 0 Å². The van der Waals surface area contributed by atoms with Gasteiger partial charge in [0.2, 0.25) is 0 Å². The van der Waals surface area contributed by atoms with Crippen LogP contribution in [0.5, 0.6) is 0 Å². The van der Waals surface area contributed by atoms with Crippen molar-refractivity contribution in [3.05, 3.63) is 54.9 Å². The Kier molecular flexibility index (Phi) is 2.98. The number of hydrogen-bond acceptors (Lipinski definition) is 3. The summed E-state index contributed by atoms with van der Waals surface area (Å²) < 4.78 is 2.91. The maximum atomic E-state index is 12.6. The molecule has 4 heteroatoms. The second-order valence-electron chi connectivity index (χ2n) is 4.93. The average Bonchev–Trinajstić information content (AvgIpc) is 2.87. The molecule has 1 heterocycles. The zero-order valence-corrected chi connectivity index (χ0v) is 12.3. The van der Waals surface area contributed by atoms with Crippen LogP contribution in [0.2, 0.25) is 0 Å². The van der Waals surface area contributed by atoms with Crippen molar-refractivity contribution < 1.29 is 4.79 Å². The van der Waals surface area contributed by atoms with Gasteiger partial charge in [0.25, 0.3) is 5.56 Å². The van der Waals surface area contributed by atoms with Crippen molar-refractivity contribution in [2.75, 3.05) is 0 Å². The molecule has 1 aliphatic rings. The van der Waals surface area contributed by atoms with Gasteiger partial charge in [0.15, 0.2) is 5.78 Å². The second-order valence-corrected chi connectivity index (χ2v) is 6.02. The summed E-state index contributed by atoms with van der Waals surface area (Å²) in [6.45, 7) is 8.27. The summed E-state index contributed by atoms with van der Waals surface area (Å²) in [5.74, 6) is 0.0606. The van der Waals surface area contributed by atoms with Crippen LogP contribution >= 0.6 is 11.3 Å². The molecule has 1 unspecified atom stereocenters. The molecule has 0 bridgehead atoms. The van der Waals surface area contributed by atoms with E-state index in [1.807, 2.05) is 38.1 Å². The predicted molar refractivity (Wildman–Crippen MR) is 81.6 cm³/mol. The molecule has 1 atom stereocenters. The Morgan fingerprint density at radius 3 is 2.65 bits per heavy atom. The first-order valence-electron chi connectivity index (χ1n) is 6.62. The van der Waals surface area contributed by atoms with Gasteiger partial charge in [0.05, 0.1) is 4.53 Å². The highest BCUT2D eigenvalue weighted by Crippen LogP contribution is 2.37. The molecule has 0 saturated heterocycles. The SMILES string of the molecule is C=c1s/c(=C2\C(=O)c3ccccc3C2C)n(CC)c1=O. The van der Waals surface area contributed by atoms with Crippen molar-refractivity contribution in [1.82, 2.24) is 4.57 Å². The topological polar surface area (TPSA) is 39.1 Å². The van der Waals surface area contributed by atoms with Crippen LogP contribution in [-0.2, 0) is 6.54 Å². The van der Waals surface area contributed by atoms with Crippen LogP contribution in [0.25, 0.3) is 12.2 Å². The molecule has 3 nitrogen and oxygen atoms in total. The van der Waals surface area contributed by atoms with Crippen molar-refractivity contribution in [3.63, 3.8) is 0 Å². The lowest BCUT2D eigenvalue weighted by molar-refractivity contribution is 0.105. The summed E-state index contributed by atoms with van der Waals surface area (Å²) >= 11 is 1.32. The molecule has 0 spiro atoms. The van der Waals surface area contributed by atoms with Gasteiger partial charge in [-0.1, -0.05) is 37.8 Å². The van der Waals surface area contributed by atoms with E-state index >= 15 is 0 Å². The summed E-state index contributed by atoms with van der Waals surface area (Å²) in [7, 11) is 0. The van der Waals surface area contributed by atoms with Crippen molar-refractivity contribution in [2.45, 2.75) is 26.3 Å². The number of Topliss-reactive ketones (excluding diaryl/α,β-unsaturated/α-hetero) is 1. The van der Waals surface area contributed by atoms with Gasteiger partial charge in [-0.25, -0.2) is 0 Å². The maximum absolute atomic E-state index is 12.6. The molecule has 102 valence electrons. The Bertz CT molecular complexity index is 873. The highest BCUT2D eigenvalue weighted by Gasteiger charge is 2.33. The number of thiazole rings is 1. The molecule has 1 aromatic heterocycles. The smallest absolute Gasteiger partial charge is 0.268 e. The van der Waals surface area contributed by atoms with Crippen LogP contribution in [0.4, 0.5) is 0 Å². The number of carbonyl (C=O) groups excluding carboxylic acids is 1. The van der Waals surface area contributed by atoms with Crippen molar-refractivity contribution in [2.24, 2.45) is 0 Å². The number of benzene rings is 1. The van der Waals surface area contributed by atoms with E-state index in [2.05, 4.69) is 6.58 Å². The summed E-state index contributed by atoms with van der Waals surface area (Å²) in [4.78, 5) is 24.7. The first kappa shape index (κ1) is 13.1. The molecule has 20 heavy (non-hydrogen) atoms. The Labute approximate surface area is 120 Å². The van der Waals surface area contributed by atoms with E-state index < -0.39 is 0 Å². The third kappa shape index (κ3) is 1.64. The van der Waals surface area contributed by atoms with E-state index in [4.69, 9.17) is 0 Å². The Balaban J connectivity index is 2.41. The molecule has 0 amide bonds. The molecule has 0 aliphatic heterocycles. The summed E-state index contributed by atoms with van der Waals surface area (Å²) in [5.41, 5.74) is 2.44. The van der Waals surface area contributed by atoms with Crippen molar-refractivity contribution >= 4 is 29.3 Å². The van der Waals surface area contributed by atoms with Crippen LogP contribution < -0.4 is 14.8 Å². The fourth-order valence-electron chi connectivity index (χ4n) is 2.81. The van der Waals surface area contributed by atoms with Crippen LogP contribution in [0, 0.1) is 0 Å². The van der Waals surface area contributed by atoms with Gasteiger partial charge in [-0.15, -0.1) is 11.3 Å². The third-order valence-corrected chi connectivity index (χ3v) is 4.90. The molecule has 2 aromatic rings. The van der Waals surface area contributed by atoms with E-state index in [9.17, 15) is 9.59 Å². The monoisotopic (exact) mass is 285 g/mol. The highest BCUT2D eigenvalue weighted by molar-refractivity contribution is 7.07. The Morgan fingerprint density at radius 1 is 1.30 bits per heavy atom. The highest BCUT2D eigenvalue weighted by atomic mass is 32.1. The molecule has 1 aromatic carbocycles. The van der Waals surface area contributed by atoms with Crippen molar-refractivity contribution in [3.8, 4) is 0 Å². The van der Waals surface area contributed by atoms with E-state index in [-0.39, 0.29) is 17.3 Å². The number of nitrogens with zero attached hydrogens (tertiary/aromatic N) is 1. The van der Waals surface area contributed by atoms with Crippen molar-refractivity contribution in [1.29, 1.82) is 0 Å². The third-order valence-electron chi connectivity index (χ3n) is 3.84. The van der Waals surface area contributed by atoms with E-state index in [1.54, 1.807) is 4.57 Å². The summed E-state index contributed by atoms with van der Waals surface area (Å²) in [6, 6.07) is 7.66. The van der Waals surface area contributed by atoms with Gasteiger partial charge in [0, 0.05) is 23.6 Å². The van der Waals surface area contributed by atoms with Gasteiger partial charge in [0.1, 0.15) is 4.66 Å².